The topological polar surface area (TPSA) is 56.1 Å². The molecular formula is C12H18N2O. The minimum atomic E-state index is -0.545. The van der Waals surface area contributed by atoms with Crippen molar-refractivity contribution < 1.29 is 5.11 Å². The molecule has 82 valence electrons. The van der Waals surface area contributed by atoms with E-state index in [0.717, 1.165) is 24.1 Å². The maximum Gasteiger partial charge on any atom is 0.0796 e. The molecule has 2 unspecified atom stereocenters. The summed E-state index contributed by atoms with van der Waals surface area (Å²) in [6, 6.07) is 0.352. The van der Waals surface area contributed by atoms with Crippen molar-refractivity contribution in [3.05, 3.63) is 23.4 Å². The zero-order valence-corrected chi connectivity index (χ0v) is 9.25. The van der Waals surface area contributed by atoms with Gasteiger partial charge in [0, 0.05) is 28.9 Å². The first kappa shape index (κ1) is 10.4. The molecule has 15 heavy (non-hydrogen) atoms. The summed E-state index contributed by atoms with van der Waals surface area (Å²) in [7, 11) is 0. The van der Waals surface area contributed by atoms with Crippen LogP contribution >= 0.6 is 0 Å². The maximum absolute atomic E-state index is 9.65. The average molecular weight is 206 g/mol. The van der Waals surface area contributed by atoms with E-state index in [1.807, 2.05) is 6.92 Å². The molecule has 2 aliphatic rings. The highest BCUT2D eigenvalue weighted by molar-refractivity contribution is 6.02. The summed E-state index contributed by atoms with van der Waals surface area (Å²) >= 11 is 0. The molecular weight excluding hydrogens is 188 g/mol. The van der Waals surface area contributed by atoms with E-state index >= 15 is 0 Å². The Balaban J connectivity index is 2.32. The fraction of sp³-hybridized carbons (Fsp3) is 0.583. The molecule has 0 spiro atoms. The number of allylic oxidation sites excluding steroid dienone is 2. The van der Waals surface area contributed by atoms with Crippen molar-refractivity contribution in [3.8, 4) is 0 Å². The summed E-state index contributed by atoms with van der Waals surface area (Å²) in [4.78, 5) is 0. The monoisotopic (exact) mass is 206 g/mol. The van der Waals surface area contributed by atoms with E-state index in [0.29, 0.717) is 11.8 Å². The van der Waals surface area contributed by atoms with Gasteiger partial charge in [-0.25, -0.2) is 0 Å². The van der Waals surface area contributed by atoms with Gasteiger partial charge in [0.25, 0.3) is 0 Å². The predicted octanol–water partition coefficient (Wildman–Crippen LogP) is 1.60. The van der Waals surface area contributed by atoms with Crippen LogP contribution in [0, 0.1) is 11.3 Å². The Kier molecular flexibility index (Phi) is 2.65. The average Bonchev–Trinajstić information content (AvgIpc) is 2.17. The molecule has 0 radical (unpaired) electrons. The van der Waals surface area contributed by atoms with Gasteiger partial charge in [0.1, 0.15) is 0 Å². The van der Waals surface area contributed by atoms with Crippen LogP contribution in [0.25, 0.3) is 0 Å². The third-order valence-electron chi connectivity index (χ3n) is 3.32. The Hall–Kier alpha value is -1.09. The van der Waals surface area contributed by atoms with Gasteiger partial charge in [0.05, 0.1) is 6.10 Å². The fourth-order valence-corrected chi connectivity index (χ4v) is 2.59. The highest BCUT2D eigenvalue weighted by Crippen LogP contribution is 2.30. The van der Waals surface area contributed by atoms with E-state index in [1.54, 1.807) is 6.92 Å². The van der Waals surface area contributed by atoms with Crippen LogP contribution < -0.4 is 5.32 Å². The second-order valence-corrected chi connectivity index (χ2v) is 4.43. The lowest BCUT2D eigenvalue weighted by atomic mass is 9.78. The third kappa shape index (κ3) is 1.72. The number of hydrogen-bond donors (Lipinski definition) is 3. The molecule has 0 saturated carbocycles. The van der Waals surface area contributed by atoms with E-state index in [4.69, 9.17) is 5.41 Å². The van der Waals surface area contributed by atoms with E-state index in [1.165, 1.54) is 0 Å². The van der Waals surface area contributed by atoms with Gasteiger partial charge < -0.3 is 15.8 Å². The highest BCUT2D eigenvalue weighted by atomic mass is 16.3. The summed E-state index contributed by atoms with van der Waals surface area (Å²) in [6.45, 7) is 3.68. The first-order chi connectivity index (χ1) is 7.11. The van der Waals surface area contributed by atoms with E-state index in [2.05, 4.69) is 17.5 Å². The quantitative estimate of drug-likeness (QED) is 0.571. The fourth-order valence-electron chi connectivity index (χ4n) is 2.59. The molecule has 2 rings (SSSR count). The van der Waals surface area contributed by atoms with Crippen LogP contribution in [0.1, 0.15) is 26.7 Å². The lowest BCUT2D eigenvalue weighted by Gasteiger charge is -2.37. The molecule has 3 nitrogen and oxygen atoms in total. The molecule has 0 aromatic carbocycles. The Labute approximate surface area is 90.4 Å². The van der Waals surface area contributed by atoms with Gasteiger partial charge in [0.15, 0.2) is 0 Å². The Morgan fingerprint density at radius 3 is 2.80 bits per heavy atom. The lowest BCUT2D eigenvalue weighted by Crippen LogP contribution is -2.47. The predicted molar refractivity (Wildman–Crippen MR) is 60.9 cm³/mol. The number of fused-ring (bicyclic) bond motifs is 1. The number of nitrogens with one attached hydrogen (secondary N) is 2. The van der Waals surface area contributed by atoms with E-state index < -0.39 is 6.10 Å². The Bertz CT molecular complexity index is 342. The van der Waals surface area contributed by atoms with Gasteiger partial charge in [-0.2, -0.15) is 0 Å². The van der Waals surface area contributed by atoms with Crippen LogP contribution in [0.15, 0.2) is 23.4 Å². The molecule has 0 saturated heterocycles. The number of aliphatic hydroxyl groups excluding tert-OH is 1. The molecule has 0 amide bonds. The molecule has 0 aromatic rings. The molecule has 3 N–H and O–H groups in total. The van der Waals surface area contributed by atoms with Crippen molar-refractivity contribution in [2.45, 2.75) is 38.8 Å². The van der Waals surface area contributed by atoms with Crippen LogP contribution in [0.5, 0.6) is 0 Å². The number of rotatable bonds is 1. The summed E-state index contributed by atoms with van der Waals surface area (Å²) in [5.74, 6) is 0.239. The second kappa shape index (κ2) is 3.81. The zero-order valence-electron chi connectivity index (χ0n) is 9.25. The first-order valence-electron chi connectivity index (χ1n) is 5.50. The minimum absolute atomic E-state index is 0.239. The van der Waals surface area contributed by atoms with E-state index in [9.17, 15) is 5.11 Å². The van der Waals surface area contributed by atoms with Crippen LogP contribution in [-0.2, 0) is 0 Å². The largest absolute Gasteiger partial charge is 0.389 e. The molecule has 0 fully saturated rings. The van der Waals surface area contributed by atoms with Crippen molar-refractivity contribution >= 4 is 5.71 Å². The van der Waals surface area contributed by atoms with Crippen molar-refractivity contribution in [2.75, 3.05) is 0 Å². The van der Waals surface area contributed by atoms with Gasteiger partial charge in [0.2, 0.25) is 0 Å². The summed E-state index contributed by atoms with van der Waals surface area (Å²) < 4.78 is 0. The van der Waals surface area contributed by atoms with Crippen molar-refractivity contribution in [2.24, 2.45) is 5.92 Å². The van der Waals surface area contributed by atoms with Crippen LogP contribution in [0.4, 0.5) is 0 Å². The molecule has 3 atom stereocenters. The van der Waals surface area contributed by atoms with Crippen LogP contribution in [-0.4, -0.2) is 23.0 Å². The van der Waals surface area contributed by atoms with Crippen molar-refractivity contribution in [1.82, 2.24) is 5.32 Å². The molecule has 0 aromatic heterocycles. The first-order valence-corrected chi connectivity index (χ1v) is 5.50. The highest BCUT2D eigenvalue weighted by Gasteiger charge is 2.34. The van der Waals surface area contributed by atoms with Crippen LogP contribution in [0.3, 0.4) is 0 Å². The molecule has 0 bridgehead atoms. The molecule has 1 aliphatic heterocycles. The Morgan fingerprint density at radius 1 is 1.47 bits per heavy atom. The van der Waals surface area contributed by atoms with Gasteiger partial charge in [-0.15, -0.1) is 0 Å². The van der Waals surface area contributed by atoms with E-state index in [-0.39, 0.29) is 5.92 Å². The van der Waals surface area contributed by atoms with Gasteiger partial charge in [-0.05, 0) is 26.7 Å². The zero-order chi connectivity index (χ0) is 11.0. The molecule has 1 aliphatic carbocycles. The summed E-state index contributed by atoms with van der Waals surface area (Å²) in [5.41, 5.74) is 2.37. The third-order valence-corrected chi connectivity index (χ3v) is 3.32. The van der Waals surface area contributed by atoms with Gasteiger partial charge in [-0.3, -0.25) is 0 Å². The normalized spacial score (nSPS) is 32.3. The van der Waals surface area contributed by atoms with Gasteiger partial charge in [-0.1, -0.05) is 12.2 Å². The summed E-state index contributed by atoms with van der Waals surface area (Å²) in [6.07, 6.45) is 5.66. The number of hydrogen-bond acceptors (Lipinski definition) is 3. The SMILES string of the molecule is CC1=C(C(C)O)C(=N)[C@@H]2CC=CCC2N1. The Morgan fingerprint density at radius 2 is 2.13 bits per heavy atom. The maximum atomic E-state index is 9.65. The van der Waals surface area contributed by atoms with Crippen molar-refractivity contribution in [1.29, 1.82) is 5.41 Å². The smallest absolute Gasteiger partial charge is 0.0796 e. The standard InChI is InChI=1S/C12H18N2O/c1-7-11(8(2)15)12(13)9-5-3-4-6-10(9)14-7/h3-4,8-10,13-15H,5-6H2,1-2H3/t8?,9-,10?/m1/s1. The van der Waals surface area contributed by atoms with Crippen molar-refractivity contribution in [3.63, 3.8) is 0 Å². The minimum Gasteiger partial charge on any atom is -0.389 e. The van der Waals surface area contributed by atoms with Gasteiger partial charge >= 0.3 is 0 Å². The number of aliphatic hydroxyl groups is 1. The second-order valence-electron chi connectivity index (χ2n) is 4.43. The lowest BCUT2D eigenvalue weighted by molar-refractivity contribution is 0.231. The van der Waals surface area contributed by atoms with Crippen LogP contribution in [0.2, 0.25) is 0 Å². The molecule has 3 heteroatoms. The molecule has 1 heterocycles. The summed E-state index contributed by atoms with van der Waals surface area (Å²) in [5, 5.41) is 21.2.